The predicted octanol–water partition coefficient (Wildman–Crippen LogP) is -0.292. The lowest BCUT2D eigenvalue weighted by molar-refractivity contribution is -0.137. The van der Waals surface area contributed by atoms with Crippen molar-refractivity contribution in [2.24, 2.45) is 5.73 Å². The van der Waals surface area contributed by atoms with E-state index in [0.29, 0.717) is 19.4 Å². The maximum absolute atomic E-state index is 12.5. The van der Waals surface area contributed by atoms with E-state index in [1.54, 1.807) is 6.92 Å². The third-order valence-electron chi connectivity index (χ3n) is 4.24. The van der Waals surface area contributed by atoms with Gasteiger partial charge in [0.1, 0.15) is 0 Å². The fourth-order valence-corrected chi connectivity index (χ4v) is 4.56. The van der Waals surface area contributed by atoms with Gasteiger partial charge in [0.25, 0.3) is 0 Å². The first-order chi connectivity index (χ1) is 11.8. The summed E-state index contributed by atoms with van der Waals surface area (Å²) in [6, 6.07) is 8.36. The zero-order valence-corrected chi connectivity index (χ0v) is 15.2. The first-order valence-electron chi connectivity index (χ1n) is 8.39. The number of hydrogen-bond donors (Lipinski definition) is 2. The first-order valence-corrected chi connectivity index (χ1v) is 10.2. The lowest BCUT2D eigenvalue weighted by Gasteiger charge is -2.24. The SMILES string of the molecule is CCN(CC(=O)NC1CCS(=O)(=O)C1)C(=O)[C@@H](N)Cc1ccccc1. The van der Waals surface area contributed by atoms with Gasteiger partial charge in [0.05, 0.1) is 24.1 Å². The molecule has 1 heterocycles. The Morgan fingerprint density at radius 1 is 1.32 bits per heavy atom. The van der Waals surface area contributed by atoms with Crippen LogP contribution in [0.2, 0.25) is 0 Å². The number of likely N-dealkylation sites (N-methyl/N-ethyl adjacent to an activating group) is 1. The Kier molecular flexibility index (Phi) is 6.55. The summed E-state index contributed by atoms with van der Waals surface area (Å²) in [6.45, 7) is 2.02. The fraction of sp³-hybridized carbons (Fsp3) is 0.529. The average molecular weight is 367 g/mol. The second-order valence-electron chi connectivity index (χ2n) is 6.32. The van der Waals surface area contributed by atoms with Gasteiger partial charge in [-0.15, -0.1) is 0 Å². The van der Waals surface area contributed by atoms with E-state index in [-0.39, 0.29) is 35.9 Å². The highest BCUT2D eigenvalue weighted by Gasteiger charge is 2.30. The van der Waals surface area contributed by atoms with Gasteiger partial charge in [-0.2, -0.15) is 0 Å². The van der Waals surface area contributed by atoms with Crippen LogP contribution in [0.15, 0.2) is 30.3 Å². The van der Waals surface area contributed by atoms with Gasteiger partial charge in [0.2, 0.25) is 11.8 Å². The van der Waals surface area contributed by atoms with Gasteiger partial charge >= 0.3 is 0 Å². The molecule has 0 saturated carbocycles. The average Bonchev–Trinajstić information content (AvgIpc) is 2.91. The molecule has 0 spiro atoms. The molecule has 1 fully saturated rings. The van der Waals surface area contributed by atoms with Crippen molar-refractivity contribution in [1.82, 2.24) is 10.2 Å². The third-order valence-corrected chi connectivity index (χ3v) is 6.01. The van der Waals surface area contributed by atoms with Crippen LogP contribution >= 0.6 is 0 Å². The second-order valence-corrected chi connectivity index (χ2v) is 8.54. The van der Waals surface area contributed by atoms with Crippen LogP contribution < -0.4 is 11.1 Å². The Hall–Kier alpha value is -1.93. The number of amides is 2. The quantitative estimate of drug-likeness (QED) is 0.688. The highest BCUT2D eigenvalue weighted by atomic mass is 32.2. The zero-order chi connectivity index (χ0) is 18.4. The molecule has 1 aliphatic rings. The van der Waals surface area contributed by atoms with Crippen LogP contribution in [0.25, 0.3) is 0 Å². The van der Waals surface area contributed by atoms with Crippen LogP contribution in [-0.4, -0.2) is 61.8 Å². The number of rotatable bonds is 7. The number of carbonyl (C=O) groups excluding carboxylic acids is 2. The van der Waals surface area contributed by atoms with Crippen molar-refractivity contribution < 1.29 is 18.0 Å². The summed E-state index contributed by atoms with van der Waals surface area (Å²) in [7, 11) is -3.05. The van der Waals surface area contributed by atoms with Crippen molar-refractivity contribution >= 4 is 21.7 Å². The van der Waals surface area contributed by atoms with Crippen LogP contribution in [0.4, 0.5) is 0 Å². The Morgan fingerprint density at radius 3 is 2.56 bits per heavy atom. The minimum atomic E-state index is -3.05. The molecule has 2 atom stereocenters. The van der Waals surface area contributed by atoms with Crippen LogP contribution in [0.3, 0.4) is 0 Å². The summed E-state index contributed by atoms with van der Waals surface area (Å²) in [5, 5.41) is 2.69. The van der Waals surface area contributed by atoms with Gasteiger partial charge in [-0.25, -0.2) is 8.42 Å². The van der Waals surface area contributed by atoms with E-state index in [1.807, 2.05) is 30.3 Å². The molecule has 1 aromatic rings. The second kappa shape index (κ2) is 8.44. The number of nitrogens with one attached hydrogen (secondary N) is 1. The molecule has 1 saturated heterocycles. The molecule has 2 rings (SSSR count). The first kappa shape index (κ1) is 19.4. The van der Waals surface area contributed by atoms with Crippen molar-refractivity contribution in [2.75, 3.05) is 24.6 Å². The van der Waals surface area contributed by atoms with Crippen molar-refractivity contribution in [3.05, 3.63) is 35.9 Å². The molecule has 3 N–H and O–H groups in total. The van der Waals surface area contributed by atoms with Crippen molar-refractivity contribution in [3.63, 3.8) is 0 Å². The van der Waals surface area contributed by atoms with Crippen molar-refractivity contribution in [3.8, 4) is 0 Å². The Balaban J connectivity index is 1.87. The van der Waals surface area contributed by atoms with Gasteiger partial charge in [-0.1, -0.05) is 30.3 Å². The van der Waals surface area contributed by atoms with E-state index in [9.17, 15) is 18.0 Å². The Morgan fingerprint density at radius 2 is 2.00 bits per heavy atom. The van der Waals surface area contributed by atoms with E-state index in [1.165, 1.54) is 4.90 Å². The summed E-state index contributed by atoms with van der Waals surface area (Å²) in [5.74, 6) is -0.590. The zero-order valence-electron chi connectivity index (χ0n) is 14.3. The molecule has 0 aromatic heterocycles. The molecule has 7 nitrogen and oxygen atoms in total. The maximum Gasteiger partial charge on any atom is 0.240 e. The van der Waals surface area contributed by atoms with Gasteiger partial charge in [-0.3, -0.25) is 9.59 Å². The van der Waals surface area contributed by atoms with Gasteiger partial charge in [0.15, 0.2) is 9.84 Å². The Labute approximate surface area is 148 Å². The van der Waals surface area contributed by atoms with E-state index in [4.69, 9.17) is 5.73 Å². The number of benzene rings is 1. The fourth-order valence-electron chi connectivity index (χ4n) is 2.89. The number of nitrogens with two attached hydrogens (primary N) is 1. The van der Waals surface area contributed by atoms with Crippen LogP contribution in [0, 0.1) is 0 Å². The molecular formula is C17H25N3O4S. The molecule has 0 aliphatic carbocycles. The summed E-state index contributed by atoms with van der Waals surface area (Å²) >= 11 is 0. The number of hydrogen-bond acceptors (Lipinski definition) is 5. The molecule has 0 bridgehead atoms. The molecule has 0 radical (unpaired) electrons. The largest absolute Gasteiger partial charge is 0.351 e. The maximum atomic E-state index is 12.5. The molecular weight excluding hydrogens is 342 g/mol. The summed E-state index contributed by atoms with van der Waals surface area (Å²) in [6.07, 6.45) is 0.820. The van der Waals surface area contributed by atoms with Crippen molar-refractivity contribution in [2.45, 2.75) is 31.8 Å². The standard InChI is InChI=1S/C17H25N3O4S/c1-2-20(11-16(21)19-14-8-9-25(23,24)12-14)17(22)15(18)10-13-6-4-3-5-7-13/h3-7,14-15H,2,8-12,18H2,1H3,(H,19,21)/t14?,15-/m0/s1. The van der Waals surface area contributed by atoms with Crippen molar-refractivity contribution in [1.29, 1.82) is 0 Å². The van der Waals surface area contributed by atoms with E-state index in [2.05, 4.69) is 5.32 Å². The molecule has 138 valence electrons. The van der Waals surface area contributed by atoms with Gasteiger partial charge in [0, 0.05) is 12.6 Å². The molecule has 1 aromatic carbocycles. The minimum absolute atomic E-state index is 0.0354. The van der Waals surface area contributed by atoms with E-state index >= 15 is 0 Å². The number of carbonyl (C=O) groups is 2. The van der Waals surface area contributed by atoms with Crippen LogP contribution in [0.5, 0.6) is 0 Å². The molecule has 2 amide bonds. The van der Waals surface area contributed by atoms with Crippen LogP contribution in [0.1, 0.15) is 18.9 Å². The summed E-state index contributed by atoms with van der Waals surface area (Å²) < 4.78 is 22.9. The highest BCUT2D eigenvalue weighted by molar-refractivity contribution is 7.91. The summed E-state index contributed by atoms with van der Waals surface area (Å²) in [4.78, 5) is 26.0. The lowest BCUT2D eigenvalue weighted by atomic mass is 10.1. The topological polar surface area (TPSA) is 110 Å². The summed E-state index contributed by atoms with van der Waals surface area (Å²) in [5.41, 5.74) is 6.96. The third kappa shape index (κ3) is 5.82. The highest BCUT2D eigenvalue weighted by Crippen LogP contribution is 2.11. The van der Waals surface area contributed by atoms with Gasteiger partial charge < -0.3 is 16.0 Å². The van der Waals surface area contributed by atoms with Gasteiger partial charge in [-0.05, 0) is 25.3 Å². The molecule has 1 aliphatic heterocycles. The Bertz CT molecular complexity index is 706. The lowest BCUT2D eigenvalue weighted by Crippen LogP contribution is -2.50. The monoisotopic (exact) mass is 367 g/mol. The smallest absolute Gasteiger partial charge is 0.240 e. The van der Waals surface area contributed by atoms with Crippen LogP contribution in [-0.2, 0) is 25.8 Å². The predicted molar refractivity (Wildman–Crippen MR) is 95.6 cm³/mol. The minimum Gasteiger partial charge on any atom is -0.351 e. The van der Waals surface area contributed by atoms with E-state index in [0.717, 1.165) is 5.56 Å². The normalized spacial score (nSPS) is 20.0. The van der Waals surface area contributed by atoms with E-state index < -0.39 is 15.9 Å². The molecule has 25 heavy (non-hydrogen) atoms. The number of nitrogens with zero attached hydrogens (tertiary/aromatic N) is 1. The number of sulfone groups is 1. The molecule has 8 heteroatoms. The molecule has 1 unspecified atom stereocenters.